The van der Waals surface area contributed by atoms with E-state index in [4.69, 9.17) is 5.73 Å². The summed E-state index contributed by atoms with van der Waals surface area (Å²) in [5.41, 5.74) is 8.12. The van der Waals surface area contributed by atoms with E-state index in [-0.39, 0.29) is 6.04 Å². The van der Waals surface area contributed by atoms with Gasteiger partial charge in [-0.2, -0.15) is 0 Å². The van der Waals surface area contributed by atoms with Gasteiger partial charge >= 0.3 is 0 Å². The number of nitrogens with two attached hydrogens (primary N) is 1. The zero-order chi connectivity index (χ0) is 11.5. The van der Waals surface area contributed by atoms with E-state index in [2.05, 4.69) is 30.1 Å². The van der Waals surface area contributed by atoms with Gasteiger partial charge in [0.05, 0.1) is 0 Å². The van der Waals surface area contributed by atoms with Gasteiger partial charge in [0.1, 0.15) is 5.82 Å². The molecule has 2 aromatic rings. The van der Waals surface area contributed by atoms with Crippen molar-refractivity contribution in [2.75, 3.05) is 0 Å². The van der Waals surface area contributed by atoms with E-state index in [0.717, 1.165) is 30.7 Å². The van der Waals surface area contributed by atoms with E-state index in [1.165, 1.54) is 5.56 Å². The fraction of sp³-hybridized carbons (Fsp3) is 0.500. The van der Waals surface area contributed by atoms with Crippen LogP contribution in [0.25, 0.3) is 5.65 Å². The molecule has 86 valence electrons. The third-order valence-corrected chi connectivity index (χ3v) is 2.74. The summed E-state index contributed by atoms with van der Waals surface area (Å²) in [5.74, 6) is 0.955. The predicted molar refractivity (Wildman–Crippen MR) is 64.3 cm³/mol. The third-order valence-electron chi connectivity index (χ3n) is 2.74. The van der Waals surface area contributed by atoms with E-state index < -0.39 is 0 Å². The van der Waals surface area contributed by atoms with Gasteiger partial charge in [-0.05, 0) is 31.0 Å². The van der Waals surface area contributed by atoms with E-state index in [1.807, 2.05) is 16.7 Å². The van der Waals surface area contributed by atoms with Crippen LogP contribution in [0.5, 0.6) is 0 Å². The minimum atomic E-state index is 0.179. The molecule has 0 spiro atoms. The molecule has 1 unspecified atom stereocenters. The Morgan fingerprint density at radius 3 is 3.00 bits per heavy atom. The molecule has 2 N–H and O–H groups in total. The Morgan fingerprint density at radius 1 is 1.44 bits per heavy atom. The Kier molecular flexibility index (Phi) is 3.19. The average Bonchev–Trinajstić information content (AvgIpc) is 2.61. The van der Waals surface area contributed by atoms with Crippen molar-refractivity contribution in [3.8, 4) is 0 Å². The molecule has 4 heteroatoms. The third kappa shape index (κ3) is 2.22. The van der Waals surface area contributed by atoms with E-state index in [9.17, 15) is 0 Å². The number of hydrogen-bond donors (Lipinski definition) is 1. The van der Waals surface area contributed by atoms with Gasteiger partial charge in [-0.3, -0.25) is 4.40 Å². The van der Waals surface area contributed by atoms with Gasteiger partial charge in [0, 0.05) is 18.7 Å². The molecule has 0 aliphatic rings. The summed E-state index contributed by atoms with van der Waals surface area (Å²) in [6, 6.07) is 4.27. The summed E-state index contributed by atoms with van der Waals surface area (Å²) in [5, 5.41) is 8.34. The Balaban J connectivity index is 2.25. The highest BCUT2D eigenvalue weighted by atomic mass is 15.2. The Bertz CT molecular complexity index is 475. The number of rotatable bonds is 4. The number of fused-ring (bicyclic) bond motifs is 1. The molecular weight excluding hydrogens is 200 g/mol. The molecule has 2 heterocycles. The van der Waals surface area contributed by atoms with Gasteiger partial charge < -0.3 is 5.73 Å². The maximum atomic E-state index is 6.02. The van der Waals surface area contributed by atoms with Crippen LogP contribution in [0.3, 0.4) is 0 Å². The highest BCUT2D eigenvalue weighted by Crippen LogP contribution is 2.09. The second-order valence-electron chi connectivity index (χ2n) is 4.30. The Hall–Kier alpha value is -1.42. The molecule has 0 fully saturated rings. The van der Waals surface area contributed by atoms with Crippen molar-refractivity contribution in [1.29, 1.82) is 0 Å². The standard InChI is InChI=1S/C12H18N4/c1-3-4-10(13)8-12-15-14-11-7-9(2)5-6-16(11)12/h5-7,10H,3-4,8,13H2,1-2H3. The van der Waals surface area contributed by atoms with Crippen LogP contribution in [0.4, 0.5) is 0 Å². The smallest absolute Gasteiger partial charge is 0.161 e. The largest absolute Gasteiger partial charge is 0.327 e. The molecule has 4 nitrogen and oxygen atoms in total. The lowest BCUT2D eigenvalue weighted by atomic mass is 10.1. The van der Waals surface area contributed by atoms with Crippen LogP contribution in [0, 0.1) is 6.92 Å². The van der Waals surface area contributed by atoms with Gasteiger partial charge in [0.2, 0.25) is 0 Å². The lowest BCUT2D eigenvalue weighted by Gasteiger charge is -2.08. The maximum absolute atomic E-state index is 6.02. The first kappa shape index (κ1) is 11.1. The topological polar surface area (TPSA) is 56.2 Å². The van der Waals surface area contributed by atoms with E-state index in [1.54, 1.807) is 0 Å². The molecule has 0 radical (unpaired) electrons. The van der Waals surface area contributed by atoms with Crippen molar-refractivity contribution >= 4 is 5.65 Å². The first-order chi connectivity index (χ1) is 7.70. The molecule has 0 aliphatic carbocycles. The van der Waals surface area contributed by atoms with Crippen LogP contribution < -0.4 is 5.73 Å². The normalized spacial score (nSPS) is 13.2. The minimum Gasteiger partial charge on any atom is -0.327 e. The van der Waals surface area contributed by atoms with Crippen LogP contribution in [0.1, 0.15) is 31.2 Å². The maximum Gasteiger partial charge on any atom is 0.161 e. The molecule has 0 aliphatic heterocycles. The molecule has 0 saturated carbocycles. The molecule has 0 bridgehead atoms. The minimum absolute atomic E-state index is 0.179. The molecule has 1 atom stereocenters. The van der Waals surface area contributed by atoms with E-state index >= 15 is 0 Å². The van der Waals surface area contributed by atoms with Crippen LogP contribution in [0.2, 0.25) is 0 Å². The zero-order valence-electron chi connectivity index (χ0n) is 9.85. The molecule has 0 amide bonds. The number of aryl methyl sites for hydroxylation is 1. The second kappa shape index (κ2) is 4.61. The monoisotopic (exact) mass is 218 g/mol. The highest BCUT2D eigenvalue weighted by molar-refractivity contribution is 5.40. The summed E-state index contributed by atoms with van der Waals surface area (Å²) in [6.45, 7) is 4.20. The van der Waals surface area contributed by atoms with Gasteiger partial charge in [0.15, 0.2) is 5.65 Å². The molecular formula is C12H18N4. The number of hydrogen-bond acceptors (Lipinski definition) is 3. The molecule has 2 rings (SSSR count). The quantitative estimate of drug-likeness (QED) is 0.850. The molecule has 16 heavy (non-hydrogen) atoms. The van der Waals surface area contributed by atoms with Crippen molar-refractivity contribution in [3.63, 3.8) is 0 Å². The number of nitrogens with zero attached hydrogens (tertiary/aromatic N) is 3. The summed E-state index contributed by atoms with van der Waals surface area (Å²) >= 11 is 0. The van der Waals surface area contributed by atoms with Crippen molar-refractivity contribution in [2.24, 2.45) is 5.73 Å². The van der Waals surface area contributed by atoms with Crippen molar-refractivity contribution < 1.29 is 0 Å². The van der Waals surface area contributed by atoms with Crippen molar-refractivity contribution in [3.05, 3.63) is 29.7 Å². The summed E-state index contributed by atoms with van der Waals surface area (Å²) < 4.78 is 2.02. The number of pyridine rings is 1. The average molecular weight is 218 g/mol. The molecule has 0 saturated heterocycles. The van der Waals surface area contributed by atoms with Crippen LogP contribution >= 0.6 is 0 Å². The molecule has 2 aromatic heterocycles. The second-order valence-corrected chi connectivity index (χ2v) is 4.30. The lowest BCUT2D eigenvalue weighted by molar-refractivity contribution is 0.582. The van der Waals surface area contributed by atoms with Gasteiger partial charge in [-0.25, -0.2) is 0 Å². The zero-order valence-corrected chi connectivity index (χ0v) is 9.85. The fourth-order valence-corrected chi connectivity index (χ4v) is 1.89. The predicted octanol–water partition coefficient (Wildman–Crippen LogP) is 1.71. The van der Waals surface area contributed by atoms with Gasteiger partial charge in [0.25, 0.3) is 0 Å². The van der Waals surface area contributed by atoms with Crippen molar-refractivity contribution in [2.45, 2.75) is 39.2 Å². The SMILES string of the molecule is CCCC(N)Cc1nnc2cc(C)ccn12. The van der Waals surface area contributed by atoms with Crippen LogP contribution in [0.15, 0.2) is 18.3 Å². The first-order valence-electron chi connectivity index (χ1n) is 5.76. The van der Waals surface area contributed by atoms with Crippen LogP contribution in [-0.4, -0.2) is 20.6 Å². The van der Waals surface area contributed by atoms with Gasteiger partial charge in [-0.15, -0.1) is 10.2 Å². The summed E-state index contributed by atoms with van der Waals surface area (Å²) in [7, 11) is 0. The highest BCUT2D eigenvalue weighted by Gasteiger charge is 2.09. The fourth-order valence-electron chi connectivity index (χ4n) is 1.89. The van der Waals surface area contributed by atoms with Crippen LogP contribution in [-0.2, 0) is 6.42 Å². The number of aromatic nitrogens is 3. The summed E-state index contributed by atoms with van der Waals surface area (Å²) in [4.78, 5) is 0. The summed E-state index contributed by atoms with van der Waals surface area (Å²) in [6.07, 6.45) is 4.94. The Morgan fingerprint density at radius 2 is 2.25 bits per heavy atom. The Labute approximate surface area is 95.5 Å². The van der Waals surface area contributed by atoms with E-state index in [0.29, 0.717) is 0 Å². The van der Waals surface area contributed by atoms with Gasteiger partial charge in [-0.1, -0.05) is 13.3 Å². The first-order valence-corrected chi connectivity index (χ1v) is 5.76. The van der Waals surface area contributed by atoms with Crippen molar-refractivity contribution in [1.82, 2.24) is 14.6 Å². The molecule has 0 aromatic carbocycles. The lowest BCUT2D eigenvalue weighted by Crippen LogP contribution is -2.23.